The molecule has 2 aliphatic rings. The van der Waals surface area contributed by atoms with Crippen molar-refractivity contribution in [2.75, 3.05) is 12.4 Å². The molecular formula is C16H14N2O7S. The summed E-state index contributed by atoms with van der Waals surface area (Å²) in [5.41, 5.74) is -0.269. The second-order valence-corrected chi connectivity index (χ2v) is 7.79. The van der Waals surface area contributed by atoms with Crippen molar-refractivity contribution in [2.45, 2.75) is 12.3 Å². The molecule has 0 aromatic carbocycles. The lowest BCUT2D eigenvalue weighted by molar-refractivity contribution is -0.143. The molecule has 3 rings (SSSR count). The molecule has 3 heterocycles. The van der Waals surface area contributed by atoms with Gasteiger partial charge < -0.3 is 9.84 Å². The topological polar surface area (TPSA) is 131 Å². The van der Waals surface area contributed by atoms with E-state index in [0.717, 1.165) is 11.8 Å². The molecule has 10 heteroatoms. The highest BCUT2D eigenvalue weighted by molar-refractivity contribution is 7.92. The predicted octanol–water partition coefficient (Wildman–Crippen LogP) is -0.0365. The lowest BCUT2D eigenvalue weighted by atomic mass is 10.0. The van der Waals surface area contributed by atoms with Crippen molar-refractivity contribution in [2.24, 2.45) is 0 Å². The molecule has 1 N–H and O–H groups in total. The maximum Gasteiger partial charge on any atom is 0.352 e. The first-order valence-electron chi connectivity index (χ1n) is 7.49. The number of aromatic nitrogens is 1. The van der Waals surface area contributed by atoms with Crippen LogP contribution in [-0.4, -0.2) is 59.0 Å². The van der Waals surface area contributed by atoms with E-state index in [9.17, 15) is 27.9 Å². The van der Waals surface area contributed by atoms with Gasteiger partial charge in [0.2, 0.25) is 0 Å². The van der Waals surface area contributed by atoms with E-state index in [0.29, 0.717) is 5.69 Å². The molecule has 2 aliphatic heterocycles. The van der Waals surface area contributed by atoms with Gasteiger partial charge in [-0.2, -0.15) is 0 Å². The van der Waals surface area contributed by atoms with Crippen molar-refractivity contribution >= 4 is 33.8 Å². The zero-order valence-corrected chi connectivity index (χ0v) is 14.4. The van der Waals surface area contributed by atoms with E-state index in [2.05, 4.69) is 4.98 Å². The number of aliphatic carboxylic acids is 1. The Labute approximate surface area is 148 Å². The third kappa shape index (κ3) is 2.99. The quantitative estimate of drug-likeness (QED) is 0.439. The Balaban J connectivity index is 2.04. The van der Waals surface area contributed by atoms with Gasteiger partial charge in [0.25, 0.3) is 5.91 Å². The van der Waals surface area contributed by atoms with Crippen LogP contribution in [0.15, 0.2) is 41.2 Å². The van der Waals surface area contributed by atoms with E-state index in [4.69, 9.17) is 4.74 Å². The molecular weight excluding hydrogens is 364 g/mol. The Morgan fingerprint density at radius 2 is 2.15 bits per heavy atom. The zero-order valence-electron chi connectivity index (χ0n) is 13.6. The fraction of sp³-hybridized carbons (Fsp3) is 0.250. The van der Waals surface area contributed by atoms with Crippen molar-refractivity contribution in [3.8, 4) is 0 Å². The van der Waals surface area contributed by atoms with Crippen LogP contribution in [0.5, 0.6) is 0 Å². The normalized spacial score (nSPS) is 22.7. The van der Waals surface area contributed by atoms with E-state index in [1.165, 1.54) is 12.3 Å². The molecule has 1 amide bonds. The molecule has 1 atom stereocenters. The van der Waals surface area contributed by atoms with Gasteiger partial charge in [0, 0.05) is 18.7 Å². The highest BCUT2D eigenvalue weighted by atomic mass is 32.2. The van der Waals surface area contributed by atoms with Crippen molar-refractivity contribution < 1.29 is 32.6 Å². The van der Waals surface area contributed by atoms with Gasteiger partial charge in [-0.25, -0.2) is 13.2 Å². The fourth-order valence-corrected chi connectivity index (χ4v) is 4.81. The highest BCUT2D eigenvalue weighted by Crippen LogP contribution is 2.40. The van der Waals surface area contributed by atoms with E-state index in [1.807, 2.05) is 0 Å². The Morgan fingerprint density at radius 3 is 2.73 bits per heavy atom. The predicted molar refractivity (Wildman–Crippen MR) is 87.9 cm³/mol. The number of β-lactam (4-membered cyclic amide) rings is 1. The van der Waals surface area contributed by atoms with Crippen molar-refractivity contribution in [3.05, 3.63) is 46.9 Å². The molecule has 1 aromatic rings. The van der Waals surface area contributed by atoms with Gasteiger partial charge in [0.05, 0.1) is 17.0 Å². The third-order valence-corrected chi connectivity index (χ3v) is 5.80. The Hall–Kier alpha value is -3.01. The van der Waals surface area contributed by atoms with Crippen LogP contribution in [0.1, 0.15) is 12.6 Å². The molecule has 1 aromatic heterocycles. The minimum atomic E-state index is -3.89. The minimum absolute atomic E-state index is 0.0472. The van der Waals surface area contributed by atoms with Gasteiger partial charge >= 0.3 is 11.9 Å². The summed E-state index contributed by atoms with van der Waals surface area (Å²) in [6, 6.07) is 4.94. The number of pyridine rings is 1. The zero-order chi connectivity index (χ0) is 19.1. The van der Waals surface area contributed by atoms with Crippen molar-refractivity contribution in [1.29, 1.82) is 0 Å². The van der Waals surface area contributed by atoms with Gasteiger partial charge in [-0.3, -0.25) is 19.5 Å². The van der Waals surface area contributed by atoms with Gasteiger partial charge in [-0.05, 0) is 18.2 Å². The van der Waals surface area contributed by atoms with Gasteiger partial charge in [-0.1, -0.05) is 6.07 Å². The summed E-state index contributed by atoms with van der Waals surface area (Å²) >= 11 is 0. The molecule has 0 aliphatic carbocycles. The first-order valence-corrected chi connectivity index (χ1v) is 9.20. The summed E-state index contributed by atoms with van der Waals surface area (Å²) in [5.74, 6) is -3.50. The summed E-state index contributed by atoms with van der Waals surface area (Å²) in [6.45, 7) is 0.607. The number of ether oxygens (including phenoxy) is 1. The van der Waals surface area contributed by atoms with Crippen molar-refractivity contribution in [3.63, 3.8) is 0 Å². The molecule has 1 saturated heterocycles. The molecule has 0 bridgehead atoms. The van der Waals surface area contributed by atoms with E-state index in [1.54, 1.807) is 18.2 Å². The smallest absolute Gasteiger partial charge is 0.352 e. The number of hydrogen-bond donors (Lipinski definition) is 1. The Morgan fingerprint density at radius 1 is 1.42 bits per heavy atom. The largest absolute Gasteiger partial charge is 0.477 e. The number of hydrogen-bond acceptors (Lipinski definition) is 7. The molecule has 26 heavy (non-hydrogen) atoms. The van der Waals surface area contributed by atoms with Crippen LogP contribution in [0.3, 0.4) is 0 Å². The summed E-state index contributed by atoms with van der Waals surface area (Å²) in [7, 11) is -3.89. The van der Waals surface area contributed by atoms with E-state index in [-0.39, 0.29) is 11.1 Å². The number of carboxylic acid groups (broad SMARTS) is 1. The summed E-state index contributed by atoms with van der Waals surface area (Å²) in [6.07, 6.45) is 2.82. The number of rotatable bonds is 4. The number of carbonyl (C=O) groups excluding carboxylic acids is 2. The average Bonchev–Trinajstić information content (AvgIpc) is 2.57. The second kappa shape index (κ2) is 6.37. The second-order valence-electron chi connectivity index (χ2n) is 5.73. The highest BCUT2D eigenvalue weighted by Gasteiger charge is 2.56. The lowest BCUT2D eigenvalue weighted by Gasteiger charge is -2.45. The van der Waals surface area contributed by atoms with Crippen LogP contribution >= 0.6 is 0 Å². The number of esters is 1. The van der Waals surface area contributed by atoms with E-state index >= 15 is 0 Å². The number of carboxylic acids is 1. The minimum Gasteiger partial charge on any atom is -0.477 e. The Bertz CT molecular complexity index is 964. The molecule has 0 unspecified atom stereocenters. The molecule has 136 valence electrons. The molecule has 9 nitrogen and oxygen atoms in total. The number of amides is 1. The third-order valence-electron chi connectivity index (χ3n) is 3.90. The molecule has 1 fully saturated rings. The monoisotopic (exact) mass is 378 g/mol. The summed E-state index contributed by atoms with van der Waals surface area (Å²) in [4.78, 5) is 39.7. The van der Waals surface area contributed by atoms with Crippen LogP contribution in [0, 0.1) is 0 Å². The van der Waals surface area contributed by atoms with Gasteiger partial charge in [-0.15, -0.1) is 0 Å². The lowest BCUT2D eigenvalue weighted by Crippen LogP contribution is -2.62. The van der Waals surface area contributed by atoms with Crippen LogP contribution in [-0.2, 0) is 29.0 Å². The standard InChI is InChI=1S/C16H14N2O7S/c1-9(19)25-7-10-8-26(23,24)15-12(6-11-4-2-3-5-17-11)14(20)18(15)13(10)16(21)22/h2-6,15H,7-8H2,1H3,(H,21,22)/b12-6+/t15-/m1/s1. The number of carbonyl (C=O) groups is 3. The Kier molecular flexibility index (Phi) is 4.36. The van der Waals surface area contributed by atoms with Crippen molar-refractivity contribution in [1.82, 2.24) is 9.88 Å². The van der Waals surface area contributed by atoms with Crippen LogP contribution in [0.25, 0.3) is 6.08 Å². The van der Waals surface area contributed by atoms with E-state index < -0.39 is 51.1 Å². The first kappa shape index (κ1) is 17.8. The molecule has 0 saturated carbocycles. The number of sulfone groups is 1. The first-order chi connectivity index (χ1) is 12.2. The number of nitrogens with zero attached hydrogens (tertiary/aromatic N) is 2. The van der Waals surface area contributed by atoms with Gasteiger partial charge in [0.15, 0.2) is 15.2 Å². The maximum atomic E-state index is 12.6. The van der Waals surface area contributed by atoms with Crippen LogP contribution < -0.4 is 0 Å². The van der Waals surface area contributed by atoms with Crippen LogP contribution in [0.4, 0.5) is 0 Å². The average molecular weight is 378 g/mol. The SMILES string of the molecule is CC(=O)OCC1=C(C(=O)O)N2C(=O)/C(=C\c3ccccn3)[C@H]2S(=O)(=O)C1. The van der Waals surface area contributed by atoms with Gasteiger partial charge in [0.1, 0.15) is 12.3 Å². The summed E-state index contributed by atoms with van der Waals surface area (Å²) < 4.78 is 29.9. The summed E-state index contributed by atoms with van der Waals surface area (Å²) in [5, 5.41) is 8.06. The van der Waals surface area contributed by atoms with Crippen LogP contribution in [0.2, 0.25) is 0 Å². The number of fused-ring (bicyclic) bond motifs is 1. The molecule has 0 radical (unpaired) electrons. The molecule has 0 spiro atoms. The maximum absolute atomic E-state index is 12.6. The fourth-order valence-electron chi connectivity index (χ4n) is 2.86.